The largest absolute Gasteiger partial charge is 0.465 e. The SMILES string of the molecule is COC(=O)c1cnc2nc(C)ccc2c1Nc1ccc(F)c(C)c1.Cl. The zero-order valence-corrected chi connectivity index (χ0v) is 14.8. The number of hydrogen-bond acceptors (Lipinski definition) is 5. The number of esters is 1. The van der Waals surface area contributed by atoms with E-state index in [4.69, 9.17) is 4.74 Å². The molecule has 0 fully saturated rings. The molecule has 25 heavy (non-hydrogen) atoms. The van der Waals surface area contributed by atoms with Crippen molar-refractivity contribution in [2.45, 2.75) is 13.8 Å². The van der Waals surface area contributed by atoms with Gasteiger partial charge in [0.05, 0.1) is 12.8 Å². The number of fused-ring (bicyclic) bond motifs is 1. The van der Waals surface area contributed by atoms with Crippen LogP contribution in [0.5, 0.6) is 0 Å². The van der Waals surface area contributed by atoms with E-state index in [1.807, 2.05) is 19.1 Å². The maximum absolute atomic E-state index is 13.5. The zero-order valence-electron chi connectivity index (χ0n) is 14.0. The van der Waals surface area contributed by atoms with Gasteiger partial charge in [-0.25, -0.2) is 19.2 Å². The third kappa shape index (κ3) is 3.69. The van der Waals surface area contributed by atoms with Crippen LogP contribution in [0, 0.1) is 19.7 Å². The summed E-state index contributed by atoms with van der Waals surface area (Å²) in [7, 11) is 1.31. The molecule has 3 aromatic rings. The molecule has 0 amide bonds. The second-order valence-corrected chi connectivity index (χ2v) is 5.45. The Morgan fingerprint density at radius 2 is 1.96 bits per heavy atom. The summed E-state index contributed by atoms with van der Waals surface area (Å²) in [6.45, 7) is 3.54. The van der Waals surface area contributed by atoms with Crippen LogP contribution in [-0.2, 0) is 4.74 Å². The number of hydrogen-bond donors (Lipinski definition) is 1. The van der Waals surface area contributed by atoms with Gasteiger partial charge in [0.25, 0.3) is 0 Å². The quantitative estimate of drug-likeness (QED) is 0.703. The smallest absolute Gasteiger partial charge is 0.341 e. The first-order valence-electron chi connectivity index (χ1n) is 7.37. The fraction of sp³-hybridized carbons (Fsp3) is 0.167. The van der Waals surface area contributed by atoms with Gasteiger partial charge in [0.2, 0.25) is 0 Å². The first-order valence-corrected chi connectivity index (χ1v) is 7.37. The van der Waals surface area contributed by atoms with Gasteiger partial charge in [-0.05, 0) is 49.7 Å². The summed E-state index contributed by atoms with van der Waals surface area (Å²) in [5.41, 5.74) is 3.33. The summed E-state index contributed by atoms with van der Waals surface area (Å²) in [5, 5.41) is 3.86. The lowest BCUT2D eigenvalue weighted by Gasteiger charge is -2.14. The van der Waals surface area contributed by atoms with Crippen LogP contribution in [0.15, 0.2) is 36.5 Å². The molecular weight excluding hydrogens is 345 g/mol. The average Bonchev–Trinajstić information content (AvgIpc) is 2.57. The predicted molar refractivity (Wildman–Crippen MR) is 97.3 cm³/mol. The number of anilines is 2. The lowest BCUT2D eigenvalue weighted by Crippen LogP contribution is -2.08. The third-order valence-electron chi connectivity index (χ3n) is 3.70. The summed E-state index contributed by atoms with van der Waals surface area (Å²) in [6.07, 6.45) is 1.43. The van der Waals surface area contributed by atoms with Gasteiger partial charge < -0.3 is 10.1 Å². The average molecular weight is 362 g/mol. The topological polar surface area (TPSA) is 64.1 Å². The van der Waals surface area contributed by atoms with Crippen LogP contribution in [0.4, 0.5) is 15.8 Å². The first-order chi connectivity index (χ1) is 11.5. The molecule has 0 radical (unpaired) electrons. The minimum Gasteiger partial charge on any atom is -0.465 e. The molecule has 3 rings (SSSR count). The highest BCUT2D eigenvalue weighted by atomic mass is 35.5. The highest BCUT2D eigenvalue weighted by Crippen LogP contribution is 2.29. The van der Waals surface area contributed by atoms with Gasteiger partial charge in [-0.2, -0.15) is 0 Å². The molecule has 0 saturated carbocycles. The maximum atomic E-state index is 13.5. The fourth-order valence-electron chi connectivity index (χ4n) is 2.44. The number of ether oxygens (including phenoxy) is 1. The van der Waals surface area contributed by atoms with Crippen LogP contribution < -0.4 is 5.32 Å². The Morgan fingerprint density at radius 3 is 2.64 bits per heavy atom. The van der Waals surface area contributed by atoms with Crippen LogP contribution in [-0.4, -0.2) is 23.0 Å². The number of aryl methyl sites for hydroxylation is 2. The van der Waals surface area contributed by atoms with Gasteiger partial charge in [0, 0.05) is 23.0 Å². The van der Waals surface area contributed by atoms with Crippen molar-refractivity contribution in [1.29, 1.82) is 0 Å². The number of rotatable bonds is 3. The van der Waals surface area contributed by atoms with E-state index in [1.165, 1.54) is 19.4 Å². The maximum Gasteiger partial charge on any atom is 0.341 e. The van der Waals surface area contributed by atoms with Crippen LogP contribution in [0.2, 0.25) is 0 Å². The molecule has 0 unspecified atom stereocenters. The number of nitrogens with zero attached hydrogens (tertiary/aromatic N) is 2. The van der Waals surface area contributed by atoms with Crippen molar-refractivity contribution in [3.63, 3.8) is 0 Å². The Morgan fingerprint density at radius 1 is 1.20 bits per heavy atom. The van der Waals surface area contributed by atoms with Crippen molar-refractivity contribution >= 4 is 40.8 Å². The molecule has 130 valence electrons. The summed E-state index contributed by atoms with van der Waals surface area (Å²) in [5.74, 6) is -0.795. The molecule has 1 aromatic carbocycles. The third-order valence-corrected chi connectivity index (χ3v) is 3.70. The Kier molecular flexibility index (Phi) is 5.54. The molecular formula is C18H17ClFN3O2. The van der Waals surface area contributed by atoms with E-state index in [0.29, 0.717) is 28.0 Å². The molecule has 0 spiro atoms. The molecule has 0 aliphatic carbocycles. The Bertz CT molecular complexity index is 947. The number of carbonyl (C=O) groups is 1. The fourth-order valence-corrected chi connectivity index (χ4v) is 2.44. The van der Waals surface area contributed by atoms with Crippen molar-refractivity contribution < 1.29 is 13.9 Å². The van der Waals surface area contributed by atoms with Crippen LogP contribution >= 0.6 is 12.4 Å². The molecule has 0 aliphatic rings. The number of pyridine rings is 2. The number of halogens is 2. The molecule has 1 N–H and O–H groups in total. The highest BCUT2D eigenvalue weighted by molar-refractivity contribution is 6.05. The number of nitrogens with one attached hydrogen (secondary N) is 1. The van der Waals surface area contributed by atoms with Crippen LogP contribution in [0.25, 0.3) is 11.0 Å². The Balaban J connectivity index is 0.00000225. The van der Waals surface area contributed by atoms with E-state index in [0.717, 1.165) is 5.69 Å². The molecule has 5 nitrogen and oxygen atoms in total. The predicted octanol–water partition coefficient (Wildman–Crippen LogP) is 4.34. The Hall–Kier alpha value is -2.73. The summed E-state index contributed by atoms with van der Waals surface area (Å²) in [6, 6.07) is 8.34. The van der Waals surface area contributed by atoms with Crippen molar-refractivity contribution in [2.24, 2.45) is 0 Å². The van der Waals surface area contributed by atoms with E-state index in [-0.39, 0.29) is 23.8 Å². The van der Waals surface area contributed by atoms with Gasteiger partial charge in [-0.1, -0.05) is 0 Å². The standard InChI is InChI=1S/C18H16FN3O2.ClH/c1-10-8-12(5-7-15(10)19)22-16-13-6-4-11(2)21-17(13)20-9-14(16)18(23)24-3;/h4-9H,1-3H3,(H,20,21,22);1H. The molecule has 2 heterocycles. The van der Waals surface area contributed by atoms with E-state index in [2.05, 4.69) is 15.3 Å². The second-order valence-electron chi connectivity index (χ2n) is 5.45. The molecule has 0 aliphatic heterocycles. The van der Waals surface area contributed by atoms with Gasteiger partial charge >= 0.3 is 5.97 Å². The normalized spacial score (nSPS) is 10.2. The molecule has 0 atom stereocenters. The summed E-state index contributed by atoms with van der Waals surface area (Å²) < 4.78 is 18.3. The minimum absolute atomic E-state index is 0. The van der Waals surface area contributed by atoms with E-state index in [9.17, 15) is 9.18 Å². The van der Waals surface area contributed by atoms with Gasteiger partial charge in [-0.3, -0.25) is 0 Å². The van der Waals surface area contributed by atoms with E-state index < -0.39 is 5.97 Å². The zero-order chi connectivity index (χ0) is 17.3. The van der Waals surface area contributed by atoms with E-state index in [1.54, 1.807) is 19.1 Å². The van der Waals surface area contributed by atoms with E-state index >= 15 is 0 Å². The number of carbonyl (C=O) groups excluding carboxylic acids is 1. The number of aromatic nitrogens is 2. The van der Waals surface area contributed by atoms with Gasteiger partial charge in [0.15, 0.2) is 5.65 Å². The van der Waals surface area contributed by atoms with Crippen molar-refractivity contribution in [3.8, 4) is 0 Å². The summed E-state index contributed by atoms with van der Waals surface area (Å²) in [4.78, 5) is 20.7. The number of benzene rings is 1. The Labute approximate surface area is 150 Å². The summed E-state index contributed by atoms with van der Waals surface area (Å²) >= 11 is 0. The lowest BCUT2D eigenvalue weighted by molar-refractivity contribution is 0.0601. The monoisotopic (exact) mass is 361 g/mol. The molecule has 2 aromatic heterocycles. The molecule has 0 saturated heterocycles. The van der Waals surface area contributed by atoms with Crippen molar-refractivity contribution in [1.82, 2.24) is 9.97 Å². The van der Waals surface area contributed by atoms with Gasteiger partial charge in [0.1, 0.15) is 11.4 Å². The minimum atomic E-state index is -0.508. The second kappa shape index (κ2) is 7.44. The molecule has 7 heteroatoms. The lowest BCUT2D eigenvalue weighted by atomic mass is 10.1. The van der Waals surface area contributed by atoms with Crippen LogP contribution in [0.3, 0.4) is 0 Å². The first kappa shape index (κ1) is 18.6. The number of methoxy groups -OCH3 is 1. The van der Waals surface area contributed by atoms with Crippen molar-refractivity contribution in [2.75, 3.05) is 12.4 Å². The molecule has 0 bridgehead atoms. The highest BCUT2D eigenvalue weighted by Gasteiger charge is 2.17. The van der Waals surface area contributed by atoms with Crippen molar-refractivity contribution in [3.05, 3.63) is 59.2 Å². The van der Waals surface area contributed by atoms with Gasteiger partial charge in [-0.15, -0.1) is 12.4 Å². The van der Waals surface area contributed by atoms with Crippen LogP contribution in [0.1, 0.15) is 21.6 Å².